The number of aryl methyl sites for hydroxylation is 1. The van der Waals surface area contributed by atoms with Gasteiger partial charge in [-0.2, -0.15) is 0 Å². The highest BCUT2D eigenvalue weighted by molar-refractivity contribution is 7.20. The molecule has 0 bridgehead atoms. The third kappa shape index (κ3) is 3.37. The summed E-state index contributed by atoms with van der Waals surface area (Å²) in [6.07, 6.45) is 2.64. The Kier molecular flexibility index (Phi) is 4.87. The van der Waals surface area contributed by atoms with Gasteiger partial charge >= 0.3 is 0 Å². The first-order chi connectivity index (χ1) is 10.0. The summed E-state index contributed by atoms with van der Waals surface area (Å²) in [5, 5.41) is 15.9. The fourth-order valence-electron chi connectivity index (χ4n) is 1.91. The van der Waals surface area contributed by atoms with Gasteiger partial charge in [0.25, 0.3) is 5.91 Å². The minimum atomic E-state index is -0.576. The number of nitrogens with one attached hydrogen (secondary N) is 2. The molecule has 2 rings (SSSR count). The Hall–Kier alpha value is -1.99. The number of aromatic nitrogens is 2. The Bertz CT molecular complexity index is 666. The first-order valence-corrected chi connectivity index (χ1v) is 7.41. The predicted molar refractivity (Wildman–Crippen MR) is 84.9 cm³/mol. The highest BCUT2D eigenvalue weighted by Crippen LogP contribution is 2.33. The number of thiophene rings is 1. The van der Waals surface area contributed by atoms with E-state index in [2.05, 4.69) is 27.2 Å². The van der Waals surface area contributed by atoms with Crippen LogP contribution in [0.1, 0.15) is 22.2 Å². The van der Waals surface area contributed by atoms with Crippen molar-refractivity contribution in [1.29, 1.82) is 0 Å². The zero-order chi connectivity index (χ0) is 15.4. The molecule has 2 aromatic heterocycles. The molecule has 1 unspecified atom stereocenters. The number of nitrogens with zero attached hydrogens (tertiary/aromatic N) is 2. The van der Waals surface area contributed by atoms with Gasteiger partial charge in [-0.15, -0.1) is 17.9 Å². The second kappa shape index (κ2) is 6.64. The number of anilines is 1. The van der Waals surface area contributed by atoms with E-state index in [1.54, 1.807) is 13.0 Å². The normalized spacial score (nSPS) is 12.1. The summed E-state index contributed by atoms with van der Waals surface area (Å²) in [6.45, 7) is 7.97. The van der Waals surface area contributed by atoms with Gasteiger partial charge in [0.15, 0.2) is 0 Å². The van der Waals surface area contributed by atoms with Gasteiger partial charge in [-0.3, -0.25) is 4.79 Å². The number of carbonyl (C=O) groups excluding carboxylic acids is 1. The van der Waals surface area contributed by atoms with Gasteiger partial charge in [0.1, 0.15) is 17.0 Å². The van der Waals surface area contributed by atoms with Crippen LogP contribution >= 0.6 is 11.3 Å². The first-order valence-electron chi connectivity index (χ1n) is 6.59. The predicted octanol–water partition coefficient (Wildman–Crippen LogP) is 1.71. The molecular weight excluding hydrogens is 288 g/mol. The highest BCUT2D eigenvalue weighted by atomic mass is 32.1. The molecule has 0 aliphatic rings. The van der Waals surface area contributed by atoms with E-state index in [4.69, 9.17) is 0 Å². The minimum Gasteiger partial charge on any atom is -0.392 e. The quantitative estimate of drug-likeness (QED) is 0.707. The van der Waals surface area contributed by atoms with Gasteiger partial charge in [0.05, 0.1) is 16.4 Å². The van der Waals surface area contributed by atoms with E-state index in [0.29, 0.717) is 17.2 Å². The number of aliphatic hydroxyl groups is 1. The SMILES string of the molecule is C=CCNc1ncnc2sc(C(=O)NCC(C)O)c(C)c12. The van der Waals surface area contributed by atoms with Crippen LogP contribution in [0.2, 0.25) is 0 Å². The number of amides is 1. The topological polar surface area (TPSA) is 87.1 Å². The molecule has 112 valence electrons. The zero-order valence-corrected chi connectivity index (χ0v) is 12.8. The lowest BCUT2D eigenvalue weighted by Crippen LogP contribution is -2.30. The monoisotopic (exact) mass is 306 g/mol. The molecule has 0 spiro atoms. The van der Waals surface area contributed by atoms with Gasteiger partial charge in [-0.25, -0.2) is 9.97 Å². The van der Waals surface area contributed by atoms with E-state index in [1.807, 2.05) is 6.92 Å². The molecule has 21 heavy (non-hydrogen) atoms. The van der Waals surface area contributed by atoms with Gasteiger partial charge < -0.3 is 15.7 Å². The van der Waals surface area contributed by atoms with E-state index < -0.39 is 6.10 Å². The largest absolute Gasteiger partial charge is 0.392 e. The van der Waals surface area contributed by atoms with Gasteiger partial charge in [-0.1, -0.05) is 6.08 Å². The van der Waals surface area contributed by atoms with Gasteiger partial charge in [-0.05, 0) is 19.4 Å². The second-order valence-corrected chi connectivity index (χ2v) is 5.69. The maximum Gasteiger partial charge on any atom is 0.261 e. The van der Waals surface area contributed by atoms with E-state index in [1.165, 1.54) is 17.7 Å². The molecule has 0 radical (unpaired) electrons. The molecule has 0 aliphatic heterocycles. The van der Waals surface area contributed by atoms with Crippen molar-refractivity contribution in [3.8, 4) is 0 Å². The van der Waals surface area contributed by atoms with Crippen molar-refractivity contribution < 1.29 is 9.90 Å². The fourth-order valence-corrected chi connectivity index (χ4v) is 2.98. The fraction of sp³-hybridized carbons (Fsp3) is 0.357. The number of carbonyl (C=O) groups is 1. The number of fused-ring (bicyclic) bond motifs is 1. The van der Waals surface area contributed by atoms with E-state index in [9.17, 15) is 9.90 Å². The molecule has 0 fully saturated rings. The minimum absolute atomic E-state index is 0.203. The summed E-state index contributed by atoms with van der Waals surface area (Å²) in [6, 6.07) is 0. The lowest BCUT2D eigenvalue weighted by Gasteiger charge is -2.06. The summed E-state index contributed by atoms with van der Waals surface area (Å²) in [5.74, 6) is 0.495. The van der Waals surface area contributed by atoms with Crippen molar-refractivity contribution in [2.24, 2.45) is 0 Å². The van der Waals surface area contributed by atoms with E-state index in [-0.39, 0.29) is 12.5 Å². The zero-order valence-electron chi connectivity index (χ0n) is 12.0. The molecule has 3 N–H and O–H groups in total. The highest BCUT2D eigenvalue weighted by Gasteiger charge is 2.19. The standard InChI is InChI=1S/C14H18N4O2S/c1-4-5-15-12-10-9(3)11(13(20)16-6-8(2)19)21-14(10)18-7-17-12/h4,7-8,19H,1,5-6H2,2-3H3,(H,16,20)(H,15,17,18). The number of aliphatic hydroxyl groups excluding tert-OH is 1. The Balaban J connectivity index is 2.36. The molecule has 1 atom stereocenters. The smallest absolute Gasteiger partial charge is 0.261 e. The first kappa shape index (κ1) is 15.4. The van der Waals surface area contributed by atoms with Crippen LogP contribution < -0.4 is 10.6 Å². The van der Waals surface area contributed by atoms with Crippen molar-refractivity contribution in [2.45, 2.75) is 20.0 Å². The number of hydrogen-bond acceptors (Lipinski definition) is 6. The molecule has 0 saturated heterocycles. The van der Waals surface area contributed by atoms with Gasteiger partial charge in [0.2, 0.25) is 0 Å². The molecule has 0 aliphatic carbocycles. The van der Waals surface area contributed by atoms with Crippen LogP contribution in [0.5, 0.6) is 0 Å². The average Bonchev–Trinajstić information content (AvgIpc) is 2.80. The van der Waals surface area contributed by atoms with Crippen molar-refractivity contribution in [3.05, 3.63) is 29.4 Å². The van der Waals surface area contributed by atoms with Crippen LogP contribution in [0.3, 0.4) is 0 Å². The van der Waals surface area contributed by atoms with Crippen LogP contribution in [-0.2, 0) is 0 Å². The lowest BCUT2D eigenvalue weighted by molar-refractivity contribution is 0.0927. The van der Waals surface area contributed by atoms with Crippen LogP contribution in [0, 0.1) is 6.92 Å². The molecule has 0 saturated carbocycles. The van der Waals surface area contributed by atoms with Crippen LogP contribution in [0.4, 0.5) is 5.82 Å². The summed E-state index contributed by atoms with van der Waals surface area (Å²) >= 11 is 1.32. The maximum absolute atomic E-state index is 12.2. The Morgan fingerprint density at radius 3 is 3.00 bits per heavy atom. The lowest BCUT2D eigenvalue weighted by atomic mass is 10.2. The van der Waals surface area contributed by atoms with Crippen molar-refractivity contribution in [2.75, 3.05) is 18.4 Å². The van der Waals surface area contributed by atoms with Gasteiger partial charge in [0, 0.05) is 13.1 Å². The second-order valence-electron chi connectivity index (χ2n) is 4.69. The van der Waals surface area contributed by atoms with E-state index in [0.717, 1.165) is 15.8 Å². The Morgan fingerprint density at radius 1 is 1.57 bits per heavy atom. The third-order valence-corrected chi connectivity index (χ3v) is 4.10. The summed E-state index contributed by atoms with van der Waals surface area (Å²) in [4.78, 5) is 22.0. The van der Waals surface area contributed by atoms with Crippen molar-refractivity contribution in [3.63, 3.8) is 0 Å². The third-order valence-electron chi connectivity index (χ3n) is 2.90. The van der Waals surface area contributed by atoms with Crippen molar-refractivity contribution >= 4 is 33.3 Å². The van der Waals surface area contributed by atoms with Crippen LogP contribution in [-0.4, -0.2) is 40.2 Å². The number of hydrogen-bond donors (Lipinski definition) is 3. The average molecular weight is 306 g/mol. The van der Waals surface area contributed by atoms with Crippen LogP contribution in [0.15, 0.2) is 19.0 Å². The molecule has 0 aromatic carbocycles. The Morgan fingerprint density at radius 2 is 2.33 bits per heavy atom. The molecule has 6 nitrogen and oxygen atoms in total. The summed E-state index contributed by atoms with van der Waals surface area (Å²) in [7, 11) is 0. The molecule has 2 aromatic rings. The molecule has 1 amide bonds. The number of rotatable bonds is 6. The summed E-state index contributed by atoms with van der Waals surface area (Å²) < 4.78 is 0. The Labute approximate surface area is 126 Å². The van der Waals surface area contributed by atoms with Crippen LogP contribution in [0.25, 0.3) is 10.2 Å². The molecule has 7 heteroatoms. The van der Waals surface area contributed by atoms with Crippen molar-refractivity contribution in [1.82, 2.24) is 15.3 Å². The summed E-state index contributed by atoms with van der Waals surface area (Å²) in [5.41, 5.74) is 0.838. The van der Waals surface area contributed by atoms with E-state index >= 15 is 0 Å². The maximum atomic E-state index is 12.2. The molecule has 2 heterocycles. The molecular formula is C14H18N4O2S.